The van der Waals surface area contributed by atoms with Crippen LogP contribution in [-0.4, -0.2) is 64.4 Å². The molecule has 4 heterocycles. The third-order valence-corrected chi connectivity index (χ3v) is 9.24. The summed E-state index contributed by atoms with van der Waals surface area (Å²) in [6, 6.07) is 11.2. The van der Waals surface area contributed by atoms with Gasteiger partial charge in [-0.05, 0) is 37.1 Å². The monoisotopic (exact) mass is 565 g/mol. The number of anilines is 1. The number of carbonyl (C=O) groups is 1. The lowest BCUT2D eigenvalue weighted by atomic mass is 10.1. The maximum Gasteiger partial charge on any atom is 0.280 e. The summed E-state index contributed by atoms with van der Waals surface area (Å²) >= 11 is 1.20. The first-order valence-electron chi connectivity index (χ1n) is 12.2. The van der Waals surface area contributed by atoms with E-state index in [9.17, 15) is 13.2 Å². The molecule has 2 fully saturated rings. The highest BCUT2D eigenvalue weighted by Gasteiger charge is 2.36. The summed E-state index contributed by atoms with van der Waals surface area (Å²) in [6.07, 6.45) is 4.56. The zero-order chi connectivity index (χ0) is 26.8. The number of carbonyl (C=O) groups excluding carboxylic acids is 1. The number of pyridine rings is 1. The van der Waals surface area contributed by atoms with E-state index in [1.165, 1.54) is 35.6 Å². The van der Waals surface area contributed by atoms with E-state index in [1.54, 1.807) is 30.6 Å². The van der Waals surface area contributed by atoms with Gasteiger partial charge in [0.15, 0.2) is 33.1 Å². The zero-order valence-corrected chi connectivity index (χ0v) is 22.1. The molecule has 12 nitrogen and oxygen atoms in total. The second kappa shape index (κ2) is 10.6. The Morgan fingerprint density at radius 1 is 1.08 bits per heavy atom. The van der Waals surface area contributed by atoms with E-state index in [0.29, 0.717) is 45.6 Å². The summed E-state index contributed by atoms with van der Waals surface area (Å²) < 4.78 is 31.0. The highest BCUT2D eigenvalue weighted by atomic mass is 32.2. The van der Waals surface area contributed by atoms with Crippen LogP contribution in [0.5, 0.6) is 5.88 Å². The largest absolute Gasteiger partial charge is 0.472 e. The predicted molar refractivity (Wildman–Crippen MR) is 143 cm³/mol. The first-order chi connectivity index (χ1) is 19.0. The van der Waals surface area contributed by atoms with Gasteiger partial charge in [0.1, 0.15) is 16.5 Å². The van der Waals surface area contributed by atoms with E-state index in [-0.39, 0.29) is 28.6 Å². The topological polar surface area (TPSA) is 158 Å². The molecule has 6 rings (SSSR count). The maximum atomic E-state index is 13.3. The molecule has 2 N–H and O–H groups in total. The smallest absolute Gasteiger partial charge is 0.280 e. The van der Waals surface area contributed by atoms with Gasteiger partial charge in [-0.2, -0.15) is 0 Å². The number of benzene rings is 1. The van der Waals surface area contributed by atoms with Gasteiger partial charge in [-0.25, -0.2) is 28.4 Å². The molecule has 1 aromatic carbocycles. The molecule has 200 valence electrons. The molecule has 2 aliphatic rings. The molecule has 1 saturated carbocycles. The molecule has 4 aromatic rings. The van der Waals surface area contributed by atoms with Crippen molar-refractivity contribution >= 4 is 48.3 Å². The molecule has 0 atom stereocenters. The van der Waals surface area contributed by atoms with Crippen LogP contribution in [-0.2, 0) is 26.1 Å². The first kappa shape index (κ1) is 25.3. The third-order valence-electron chi connectivity index (χ3n) is 6.09. The number of ether oxygens (including phenoxy) is 1. The molecule has 3 aromatic heterocycles. The Balaban J connectivity index is 1.23. The van der Waals surface area contributed by atoms with Crippen LogP contribution in [0.2, 0.25) is 0 Å². The quantitative estimate of drug-likeness (QED) is 0.216. The van der Waals surface area contributed by atoms with Gasteiger partial charge in [0.2, 0.25) is 5.88 Å². The summed E-state index contributed by atoms with van der Waals surface area (Å²) in [5.74, 6) is 0.299. The summed E-state index contributed by atoms with van der Waals surface area (Å²) in [5.41, 5.74) is 0.926. The fourth-order valence-corrected chi connectivity index (χ4v) is 6.23. The van der Waals surface area contributed by atoms with E-state index in [1.807, 2.05) is 0 Å². The molecule has 39 heavy (non-hydrogen) atoms. The Bertz CT molecular complexity index is 1630. The van der Waals surface area contributed by atoms with E-state index in [4.69, 9.17) is 9.57 Å². The molecule has 0 radical (unpaired) electrons. The predicted octanol–water partition coefficient (Wildman–Crippen LogP) is 2.33. The van der Waals surface area contributed by atoms with Gasteiger partial charge in [-0.3, -0.25) is 10.1 Å². The Labute approximate surface area is 227 Å². The van der Waals surface area contributed by atoms with Crippen molar-refractivity contribution in [2.75, 3.05) is 18.4 Å². The number of amides is 1. The van der Waals surface area contributed by atoms with Crippen LogP contribution in [0.15, 0.2) is 64.9 Å². The van der Waals surface area contributed by atoms with E-state index in [0.717, 1.165) is 13.1 Å². The number of oxime groups is 1. The van der Waals surface area contributed by atoms with Gasteiger partial charge < -0.3 is 14.9 Å². The van der Waals surface area contributed by atoms with Crippen LogP contribution < -0.4 is 15.4 Å². The van der Waals surface area contributed by atoms with Gasteiger partial charge in [-0.1, -0.05) is 28.6 Å². The highest BCUT2D eigenvalue weighted by Crippen LogP contribution is 2.33. The minimum Gasteiger partial charge on any atom is -0.472 e. The van der Waals surface area contributed by atoms with Gasteiger partial charge in [0, 0.05) is 37.1 Å². The number of fused-ring (bicyclic) bond motifs is 1. The third kappa shape index (κ3) is 5.72. The van der Waals surface area contributed by atoms with Gasteiger partial charge in [0.25, 0.3) is 5.91 Å². The average Bonchev–Trinajstić information content (AvgIpc) is 3.71. The van der Waals surface area contributed by atoms with Crippen LogP contribution in [0.1, 0.15) is 24.2 Å². The van der Waals surface area contributed by atoms with E-state index < -0.39 is 15.7 Å². The van der Waals surface area contributed by atoms with Crippen LogP contribution in [0, 0.1) is 0 Å². The fourth-order valence-electron chi connectivity index (χ4n) is 3.75. The van der Waals surface area contributed by atoms with E-state index in [2.05, 4.69) is 35.7 Å². The van der Waals surface area contributed by atoms with Crippen LogP contribution in [0.4, 0.5) is 5.13 Å². The molecule has 14 heteroatoms. The number of rotatable bonds is 10. The number of hydrogen-bond donors (Lipinski definition) is 2. The van der Waals surface area contributed by atoms with Crippen molar-refractivity contribution in [1.29, 1.82) is 0 Å². The molecule has 1 aliphatic carbocycles. The number of sulfone groups is 1. The molecular weight excluding hydrogens is 542 g/mol. The lowest BCUT2D eigenvalue weighted by Gasteiger charge is -2.27. The van der Waals surface area contributed by atoms with Crippen molar-refractivity contribution in [1.82, 2.24) is 25.3 Å². The Morgan fingerprint density at radius 3 is 2.54 bits per heavy atom. The Hall–Kier alpha value is -4.01. The average molecular weight is 566 g/mol. The van der Waals surface area contributed by atoms with Crippen molar-refractivity contribution in [3.63, 3.8) is 0 Å². The summed E-state index contributed by atoms with van der Waals surface area (Å²) in [7, 11) is -3.37. The zero-order valence-electron chi connectivity index (χ0n) is 20.5. The highest BCUT2D eigenvalue weighted by molar-refractivity contribution is 7.92. The van der Waals surface area contributed by atoms with Crippen molar-refractivity contribution in [2.45, 2.75) is 35.7 Å². The number of thiazole rings is 1. The van der Waals surface area contributed by atoms with Gasteiger partial charge in [0.05, 0.1) is 10.1 Å². The van der Waals surface area contributed by atoms with Crippen molar-refractivity contribution in [3.05, 3.63) is 66.2 Å². The van der Waals surface area contributed by atoms with Crippen molar-refractivity contribution in [2.24, 2.45) is 5.16 Å². The van der Waals surface area contributed by atoms with Crippen LogP contribution >= 0.6 is 11.3 Å². The SMILES string of the molecule is O=C(Nc1nc2ccc(OC3CNC3)nc2s1)C(=NOCc1ncccn1)c1ccc(S(=O)(=O)C2CC2)cc1. The van der Waals surface area contributed by atoms with E-state index >= 15 is 0 Å². The Morgan fingerprint density at radius 2 is 1.85 bits per heavy atom. The minimum atomic E-state index is -3.37. The lowest BCUT2D eigenvalue weighted by molar-refractivity contribution is -0.110. The minimum absolute atomic E-state index is 0.0594. The molecule has 0 bridgehead atoms. The number of nitrogens with zero attached hydrogens (tertiary/aromatic N) is 5. The van der Waals surface area contributed by atoms with Crippen molar-refractivity contribution < 1.29 is 22.8 Å². The fraction of sp³-hybridized carbons (Fsp3) is 0.280. The summed E-state index contributed by atoms with van der Waals surface area (Å²) in [4.78, 5) is 36.7. The molecular formula is C25H23N7O5S2. The van der Waals surface area contributed by atoms with Crippen LogP contribution in [0.3, 0.4) is 0 Å². The normalized spacial score (nSPS) is 16.1. The Kier molecular flexibility index (Phi) is 6.89. The molecule has 1 amide bonds. The maximum absolute atomic E-state index is 13.3. The number of nitrogens with one attached hydrogen (secondary N) is 2. The summed E-state index contributed by atoms with van der Waals surface area (Å²) in [5, 5.41) is 9.93. The lowest BCUT2D eigenvalue weighted by Crippen LogP contribution is -2.50. The molecule has 0 unspecified atom stereocenters. The second-order valence-corrected chi connectivity index (χ2v) is 12.2. The second-order valence-electron chi connectivity index (χ2n) is 8.99. The first-order valence-corrected chi connectivity index (χ1v) is 14.6. The summed E-state index contributed by atoms with van der Waals surface area (Å²) in [6.45, 7) is 1.49. The van der Waals surface area contributed by atoms with Crippen LogP contribution in [0.25, 0.3) is 10.3 Å². The number of aromatic nitrogens is 4. The number of hydrogen-bond acceptors (Lipinski definition) is 12. The van der Waals surface area contributed by atoms with Gasteiger partial charge >= 0.3 is 0 Å². The standard InChI is InChI=1S/C25H23N7O5S2/c33-23(31-25-29-19-8-9-21(30-24(19)38-25)37-16-12-26-13-16)22(32-36-14-20-27-10-1-11-28-20)15-2-4-17(5-3-15)39(34,35)18-6-7-18/h1-5,8-11,16,18,26H,6-7,12-14H2,(H,29,31,33). The molecule has 0 spiro atoms. The van der Waals surface area contributed by atoms with Gasteiger partial charge in [-0.15, -0.1) is 0 Å². The van der Waals surface area contributed by atoms with Crippen molar-refractivity contribution in [3.8, 4) is 5.88 Å². The molecule has 1 saturated heterocycles. The molecule has 1 aliphatic heterocycles.